The summed E-state index contributed by atoms with van der Waals surface area (Å²) in [5, 5.41) is 7.85. The van der Waals surface area contributed by atoms with Crippen molar-refractivity contribution in [1.82, 2.24) is 9.78 Å². The fourth-order valence-corrected chi connectivity index (χ4v) is 3.96. The van der Waals surface area contributed by atoms with E-state index in [9.17, 15) is 9.59 Å². The van der Waals surface area contributed by atoms with Crippen molar-refractivity contribution in [1.29, 1.82) is 0 Å². The van der Waals surface area contributed by atoms with Gasteiger partial charge in [0, 0.05) is 24.6 Å². The van der Waals surface area contributed by atoms with E-state index in [1.807, 2.05) is 107 Å². The first-order valence-electron chi connectivity index (χ1n) is 11.9. The van der Waals surface area contributed by atoms with Crippen LogP contribution in [0.4, 0.5) is 5.69 Å². The number of ether oxygens (including phenoxy) is 1. The zero-order chi connectivity index (χ0) is 25.9. The minimum absolute atomic E-state index is 0.0342. The summed E-state index contributed by atoms with van der Waals surface area (Å²) in [4.78, 5) is 24.6. The first-order valence-corrected chi connectivity index (χ1v) is 11.9. The number of esters is 1. The second kappa shape index (κ2) is 10.2. The van der Waals surface area contributed by atoms with Crippen LogP contribution in [0.1, 0.15) is 39.7 Å². The third-order valence-corrected chi connectivity index (χ3v) is 5.56. The Morgan fingerprint density at radius 3 is 2.11 bits per heavy atom. The second-order valence-corrected chi connectivity index (χ2v) is 10.1. The highest BCUT2D eigenvalue weighted by atomic mass is 16.5. The molecule has 4 rings (SSSR count). The van der Waals surface area contributed by atoms with Gasteiger partial charge >= 0.3 is 5.97 Å². The Hall–Kier alpha value is -4.19. The van der Waals surface area contributed by atoms with Crippen LogP contribution in [0, 0.1) is 12.3 Å². The molecule has 6 heteroatoms. The third kappa shape index (κ3) is 5.89. The van der Waals surface area contributed by atoms with Crippen molar-refractivity contribution in [2.75, 3.05) is 5.32 Å². The SMILES string of the molecule is CC(=O)Oc1c(-c2ccc(NC(=O)CC(C)(C)C)cc2)c(-c2ccccc2)nn1-c1ccc(C)cc1. The Morgan fingerprint density at radius 2 is 1.53 bits per heavy atom. The minimum Gasteiger partial charge on any atom is -0.407 e. The maximum atomic E-state index is 12.4. The van der Waals surface area contributed by atoms with Crippen LogP contribution in [0.3, 0.4) is 0 Å². The molecule has 0 fully saturated rings. The zero-order valence-electron chi connectivity index (χ0n) is 21.3. The largest absolute Gasteiger partial charge is 0.407 e. The molecule has 3 aromatic carbocycles. The van der Waals surface area contributed by atoms with Crippen molar-refractivity contribution in [3.05, 3.63) is 84.4 Å². The number of hydrogen-bond acceptors (Lipinski definition) is 4. The summed E-state index contributed by atoms with van der Waals surface area (Å²) in [7, 11) is 0. The fraction of sp³-hybridized carbons (Fsp3) is 0.233. The number of benzene rings is 3. The number of hydrogen-bond donors (Lipinski definition) is 1. The van der Waals surface area contributed by atoms with E-state index in [2.05, 4.69) is 5.32 Å². The molecule has 0 bridgehead atoms. The van der Waals surface area contributed by atoms with Crippen LogP contribution < -0.4 is 10.1 Å². The van der Waals surface area contributed by atoms with Crippen LogP contribution in [0.25, 0.3) is 28.1 Å². The predicted molar refractivity (Wildman–Crippen MR) is 143 cm³/mol. The Balaban J connectivity index is 1.82. The number of nitrogens with zero attached hydrogens (tertiary/aromatic N) is 2. The number of carbonyl (C=O) groups excluding carboxylic acids is 2. The van der Waals surface area contributed by atoms with Gasteiger partial charge in [0.1, 0.15) is 5.69 Å². The van der Waals surface area contributed by atoms with Crippen LogP contribution in [0.15, 0.2) is 78.9 Å². The topological polar surface area (TPSA) is 73.2 Å². The third-order valence-electron chi connectivity index (χ3n) is 5.56. The summed E-state index contributed by atoms with van der Waals surface area (Å²) in [6.07, 6.45) is 0.423. The van der Waals surface area contributed by atoms with Gasteiger partial charge in [0.25, 0.3) is 0 Å². The Bertz CT molecular complexity index is 1360. The molecule has 4 aromatic rings. The van der Waals surface area contributed by atoms with Gasteiger partial charge in [-0.25, -0.2) is 0 Å². The molecule has 0 aliphatic rings. The smallest absolute Gasteiger partial charge is 0.309 e. The Kier molecular flexibility index (Phi) is 7.06. The maximum absolute atomic E-state index is 12.4. The lowest BCUT2D eigenvalue weighted by molar-refractivity contribution is -0.132. The lowest BCUT2D eigenvalue weighted by Crippen LogP contribution is -2.19. The van der Waals surface area contributed by atoms with Crippen LogP contribution in [-0.4, -0.2) is 21.7 Å². The van der Waals surface area contributed by atoms with Gasteiger partial charge in [-0.1, -0.05) is 80.9 Å². The molecule has 184 valence electrons. The van der Waals surface area contributed by atoms with Gasteiger partial charge in [0.2, 0.25) is 11.8 Å². The summed E-state index contributed by atoms with van der Waals surface area (Å²) in [5.41, 5.74) is 5.61. The number of rotatable bonds is 6. The second-order valence-electron chi connectivity index (χ2n) is 10.1. The number of carbonyl (C=O) groups is 2. The van der Waals surface area contributed by atoms with Gasteiger partial charge < -0.3 is 10.1 Å². The monoisotopic (exact) mass is 481 g/mol. The van der Waals surface area contributed by atoms with E-state index in [1.54, 1.807) is 4.68 Å². The summed E-state index contributed by atoms with van der Waals surface area (Å²) < 4.78 is 7.42. The van der Waals surface area contributed by atoms with Gasteiger partial charge in [0.15, 0.2) is 0 Å². The van der Waals surface area contributed by atoms with Crippen molar-refractivity contribution < 1.29 is 14.3 Å². The highest BCUT2D eigenvalue weighted by Crippen LogP contribution is 2.41. The fourth-order valence-electron chi connectivity index (χ4n) is 3.96. The van der Waals surface area contributed by atoms with Crippen molar-refractivity contribution in [3.63, 3.8) is 0 Å². The number of aromatic nitrogens is 2. The van der Waals surface area contributed by atoms with Crippen molar-refractivity contribution >= 4 is 17.6 Å². The van der Waals surface area contributed by atoms with E-state index in [4.69, 9.17) is 9.84 Å². The average molecular weight is 482 g/mol. The van der Waals surface area contributed by atoms with E-state index >= 15 is 0 Å². The molecule has 0 unspecified atom stereocenters. The number of nitrogens with one attached hydrogen (secondary N) is 1. The normalized spacial score (nSPS) is 11.2. The molecule has 1 amide bonds. The standard InChI is InChI=1S/C30H31N3O3/c1-20-11-17-25(18-12-20)33-29(36-21(2)34)27(28(32-33)23-9-7-6-8-10-23)22-13-15-24(16-14-22)31-26(35)19-30(3,4)5/h6-18H,19H2,1-5H3,(H,31,35). The molecule has 1 heterocycles. The van der Waals surface area contributed by atoms with E-state index in [0.717, 1.165) is 22.4 Å². The molecule has 0 aliphatic heterocycles. The molecular formula is C30H31N3O3. The summed E-state index contributed by atoms with van der Waals surface area (Å²) in [6, 6.07) is 25.2. The summed E-state index contributed by atoms with van der Waals surface area (Å²) >= 11 is 0. The van der Waals surface area contributed by atoms with Crippen molar-refractivity contribution in [2.45, 2.75) is 41.0 Å². The molecule has 1 N–H and O–H groups in total. The van der Waals surface area contributed by atoms with E-state index in [0.29, 0.717) is 29.2 Å². The summed E-state index contributed by atoms with van der Waals surface area (Å²) in [5.74, 6) is -0.127. The van der Waals surface area contributed by atoms with Crippen LogP contribution in [0.5, 0.6) is 5.88 Å². The lowest BCUT2D eigenvalue weighted by Gasteiger charge is -2.17. The van der Waals surface area contributed by atoms with Crippen molar-refractivity contribution in [3.8, 4) is 34.0 Å². The van der Waals surface area contributed by atoms with Gasteiger partial charge in [-0.05, 0) is 42.2 Å². The first-order chi connectivity index (χ1) is 17.1. The molecule has 0 spiro atoms. The van der Waals surface area contributed by atoms with Gasteiger partial charge in [-0.15, -0.1) is 0 Å². The molecule has 36 heavy (non-hydrogen) atoms. The molecule has 0 aliphatic carbocycles. The minimum atomic E-state index is -0.435. The molecule has 0 saturated heterocycles. The van der Waals surface area contributed by atoms with Gasteiger partial charge in [-0.3, -0.25) is 9.59 Å². The predicted octanol–water partition coefficient (Wildman–Crippen LogP) is 6.81. The number of amides is 1. The molecule has 6 nitrogen and oxygen atoms in total. The summed E-state index contributed by atoms with van der Waals surface area (Å²) in [6.45, 7) is 9.49. The molecular weight excluding hydrogens is 450 g/mol. The van der Waals surface area contributed by atoms with Crippen LogP contribution >= 0.6 is 0 Å². The molecule has 1 aromatic heterocycles. The zero-order valence-corrected chi connectivity index (χ0v) is 21.3. The maximum Gasteiger partial charge on any atom is 0.309 e. The highest BCUT2D eigenvalue weighted by molar-refractivity contribution is 5.92. The highest BCUT2D eigenvalue weighted by Gasteiger charge is 2.24. The Morgan fingerprint density at radius 1 is 0.889 bits per heavy atom. The molecule has 0 saturated carbocycles. The van der Waals surface area contributed by atoms with E-state index in [1.165, 1.54) is 6.92 Å². The number of aryl methyl sites for hydroxylation is 1. The van der Waals surface area contributed by atoms with Gasteiger partial charge in [-0.2, -0.15) is 9.78 Å². The number of anilines is 1. The lowest BCUT2D eigenvalue weighted by atomic mass is 9.92. The molecule has 0 atom stereocenters. The van der Waals surface area contributed by atoms with Crippen LogP contribution in [-0.2, 0) is 9.59 Å². The first kappa shape index (κ1) is 24.9. The quantitative estimate of drug-likeness (QED) is 0.307. The van der Waals surface area contributed by atoms with E-state index < -0.39 is 5.97 Å². The molecule has 0 radical (unpaired) electrons. The Labute approximate surface area is 211 Å². The van der Waals surface area contributed by atoms with Crippen molar-refractivity contribution in [2.24, 2.45) is 5.41 Å². The van der Waals surface area contributed by atoms with Crippen LogP contribution in [0.2, 0.25) is 0 Å². The van der Waals surface area contributed by atoms with E-state index in [-0.39, 0.29) is 11.3 Å². The average Bonchev–Trinajstić information content (AvgIpc) is 3.18. The van der Waals surface area contributed by atoms with Gasteiger partial charge in [0.05, 0.1) is 11.3 Å².